The fraction of sp³-hybridized carbons (Fsp3) is 0.571. The van der Waals surface area contributed by atoms with Crippen LogP contribution in [0.1, 0.15) is 25.8 Å². The Hall–Kier alpha value is -0.280. The second-order valence-electron chi connectivity index (χ2n) is 5.14. The molecule has 1 aromatic carbocycles. The van der Waals surface area contributed by atoms with E-state index in [1.165, 1.54) is 6.42 Å². The molecule has 0 radical (unpaired) electrons. The van der Waals surface area contributed by atoms with Gasteiger partial charge in [-0.2, -0.15) is 0 Å². The van der Waals surface area contributed by atoms with Gasteiger partial charge in [0.15, 0.2) is 0 Å². The quantitative estimate of drug-likeness (QED) is 0.894. The summed E-state index contributed by atoms with van der Waals surface area (Å²) in [6.45, 7) is 7.50. The van der Waals surface area contributed by atoms with Gasteiger partial charge in [-0.1, -0.05) is 35.3 Å². The molecule has 1 N–H and O–H groups in total. The van der Waals surface area contributed by atoms with Crippen molar-refractivity contribution in [1.29, 1.82) is 0 Å². The first-order chi connectivity index (χ1) is 8.58. The molecule has 1 aliphatic heterocycles. The SMILES string of the molecule is CC1CN(Cc2cccc(Cl)c2Cl)C(C)CCN1. The molecule has 0 saturated carbocycles. The van der Waals surface area contributed by atoms with Gasteiger partial charge in [0.1, 0.15) is 0 Å². The van der Waals surface area contributed by atoms with Gasteiger partial charge in [-0.05, 0) is 38.4 Å². The van der Waals surface area contributed by atoms with Gasteiger partial charge in [-0.15, -0.1) is 0 Å². The predicted octanol–water partition coefficient (Wildman–Crippen LogP) is 3.57. The van der Waals surface area contributed by atoms with E-state index >= 15 is 0 Å². The van der Waals surface area contributed by atoms with Crippen molar-refractivity contribution in [2.45, 2.75) is 38.9 Å². The van der Waals surface area contributed by atoms with Crippen molar-refractivity contribution < 1.29 is 0 Å². The van der Waals surface area contributed by atoms with E-state index in [1.807, 2.05) is 12.1 Å². The Morgan fingerprint density at radius 2 is 2.11 bits per heavy atom. The molecule has 0 aromatic heterocycles. The van der Waals surface area contributed by atoms with E-state index in [-0.39, 0.29) is 0 Å². The lowest BCUT2D eigenvalue weighted by Gasteiger charge is -2.28. The van der Waals surface area contributed by atoms with Crippen LogP contribution in [0.25, 0.3) is 0 Å². The third kappa shape index (κ3) is 3.39. The molecular formula is C14H20Cl2N2. The van der Waals surface area contributed by atoms with Crippen LogP contribution in [0, 0.1) is 0 Å². The molecule has 2 atom stereocenters. The van der Waals surface area contributed by atoms with E-state index in [0.29, 0.717) is 22.1 Å². The minimum Gasteiger partial charge on any atom is -0.313 e. The molecule has 2 rings (SSSR count). The van der Waals surface area contributed by atoms with Crippen molar-refractivity contribution in [2.24, 2.45) is 0 Å². The van der Waals surface area contributed by atoms with Gasteiger partial charge >= 0.3 is 0 Å². The van der Waals surface area contributed by atoms with E-state index < -0.39 is 0 Å². The number of nitrogens with zero attached hydrogens (tertiary/aromatic N) is 1. The predicted molar refractivity (Wildman–Crippen MR) is 78.4 cm³/mol. The lowest BCUT2D eigenvalue weighted by molar-refractivity contribution is 0.199. The minimum atomic E-state index is 0.521. The maximum absolute atomic E-state index is 6.26. The number of benzene rings is 1. The number of hydrogen-bond donors (Lipinski definition) is 1. The molecule has 2 unspecified atom stereocenters. The topological polar surface area (TPSA) is 15.3 Å². The minimum absolute atomic E-state index is 0.521. The summed E-state index contributed by atoms with van der Waals surface area (Å²) >= 11 is 12.3. The fourth-order valence-corrected chi connectivity index (χ4v) is 2.81. The fourth-order valence-electron chi connectivity index (χ4n) is 2.43. The number of halogens is 2. The summed E-state index contributed by atoms with van der Waals surface area (Å²) in [5.41, 5.74) is 1.12. The van der Waals surface area contributed by atoms with E-state index in [9.17, 15) is 0 Å². The van der Waals surface area contributed by atoms with E-state index in [0.717, 1.165) is 25.2 Å². The summed E-state index contributed by atoms with van der Waals surface area (Å²) in [6, 6.07) is 6.95. The Labute approximate surface area is 119 Å². The molecular weight excluding hydrogens is 267 g/mol. The lowest BCUT2D eigenvalue weighted by Crippen LogP contribution is -2.38. The van der Waals surface area contributed by atoms with Crippen LogP contribution in [-0.2, 0) is 6.54 Å². The third-order valence-corrected chi connectivity index (χ3v) is 4.45. The Bertz CT molecular complexity index is 409. The maximum Gasteiger partial charge on any atom is 0.0637 e. The highest BCUT2D eigenvalue weighted by Gasteiger charge is 2.21. The first-order valence-electron chi connectivity index (χ1n) is 6.48. The molecule has 1 saturated heterocycles. The van der Waals surface area contributed by atoms with Crippen molar-refractivity contribution in [2.75, 3.05) is 13.1 Å². The van der Waals surface area contributed by atoms with Gasteiger partial charge in [-0.3, -0.25) is 4.90 Å². The zero-order valence-electron chi connectivity index (χ0n) is 10.9. The molecule has 100 valence electrons. The molecule has 4 heteroatoms. The third-order valence-electron chi connectivity index (χ3n) is 3.59. The molecule has 0 bridgehead atoms. The zero-order valence-corrected chi connectivity index (χ0v) is 12.4. The second-order valence-corrected chi connectivity index (χ2v) is 5.92. The van der Waals surface area contributed by atoms with Crippen molar-refractivity contribution in [3.63, 3.8) is 0 Å². The summed E-state index contributed by atoms with van der Waals surface area (Å²) in [5, 5.41) is 4.85. The number of hydrogen-bond acceptors (Lipinski definition) is 2. The molecule has 1 heterocycles. The molecule has 1 aliphatic rings. The second kappa shape index (κ2) is 6.25. The first-order valence-corrected chi connectivity index (χ1v) is 7.24. The van der Waals surface area contributed by atoms with Crippen LogP contribution in [0.3, 0.4) is 0 Å². The van der Waals surface area contributed by atoms with Gasteiger partial charge in [0.2, 0.25) is 0 Å². The normalized spacial score (nSPS) is 26.0. The van der Waals surface area contributed by atoms with Crippen LogP contribution >= 0.6 is 23.2 Å². The summed E-state index contributed by atoms with van der Waals surface area (Å²) < 4.78 is 0. The molecule has 0 amide bonds. The summed E-state index contributed by atoms with van der Waals surface area (Å²) in [6.07, 6.45) is 1.17. The highest BCUT2D eigenvalue weighted by Crippen LogP contribution is 2.27. The lowest BCUT2D eigenvalue weighted by atomic mass is 10.1. The highest BCUT2D eigenvalue weighted by molar-refractivity contribution is 6.42. The van der Waals surface area contributed by atoms with Crippen molar-refractivity contribution in [3.8, 4) is 0 Å². The van der Waals surface area contributed by atoms with Crippen LogP contribution in [0.4, 0.5) is 0 Å². The number of rotatable bonds is 2. The Balaban J connectivity index is 2.13. The Morgan fingerprint density at radius 1 is 1.33 bits per heavy atom. The number of nitrogens with one attached hydrogen (secondary N) is 1. The van der Waals surface area contributed by atoms with Gasteiger partial charge in [0.25, 0.3) is 0 Å². The monoisotopic (exact) mass is 286 g/mol. The van der Waals surface area contributed by atoms with Gasteiger partial charge in [-0.25, -0.2) is 0 Å². The van der Waals surface area contributed by atoms with Crippen molar-refractivity contribution in [3.05, 3.63) is 33.8 Å². The molecule has 1 fully saturated rings. The summed E-state index contributed by atoms with van der Waals surface area (Å²) in [5.74, 6) is 0. The molecule has 18 heavy (non-hydrogen) atoms. The van der Waals surface area contributed by atoms with E-state index in [2.05, 4.69) is 30.1 Å². The zero-order chi connectivity index (χ0) is 13.1. The van der Waals surface area contributed by atoms with E-state index in [1.54, 1.807) is 0 Å². The maximum atomic E-state index is 6.26. The van der Waals surface area contributed by atoms with Crippen molar-refractivity contribution >= 4 is 23.2 Å². The molecule has 2 nitrogen and oxygen atoms in total. The van der Waals surface area contributed by atoms with Crippen LogP contribution in [0.5, 0.6) is 0 Å². The Kier molecular flexibility index (Phi) is 4.91. The van der Waals surface area contributed by atoms with Crippen LogP contribution in [0.2, 0.25) is 10.0 Å². The first kappa shape index (κ1) is 14.1. The molecule has 1 aromatic rings. The average molecular weight is 287 g/mol. The molecule has 0 aliphatic carbocycles. The van der Waals surface area contributed by atoms with E-state index in [4.69, 9.17) is 23.2 Å². The van der Waals surface area contributed by atoms with Gasteiger partial charge < -0.3 is 5.32 Å². The highest BCUT2D eigenvalue weighted by atomic mass is 35.5. The smallest absolute Gasteiger partial charge is 0.0637 e. The van der Waals surface area contributed by atoms with Crippen LogP contribution in [0.15, 0.2) is 18.2 Å². The van der Waals surface area contributed by atoms with Gasteiger partial charge in [0.05, 0.1) is 10.0 Å². The van der Waals surface area contributed by atoms with Crippen LogP contribution in [-0.4, -0.2) is 30.1 Å². The van der Waals surface area contributed by atoms with Crippen LogP contribution < -0.4 is 5.32 Å². The summed E-state index contributed by atoms with van der Waals surface area (Å²) in [4.78, 5) is 2.47. The van der Waals surface area contributed by atoms with Crippen molar-refractivity contribution in [1.82, 2.24) is 10.2 Å². The Morgan fingerprint density at radius 3 is 2.89 bits per heavy atom. The standard InChI is InChI=1S/C14H20Cl2N2/c1-10-8-18(11(2)6-7-17-10)9-12-4-3-5-13(15)14(12)16/h3-5,10-11,17H,6-9H2,1-2H3. The largest absolute Gasteiger partial charge is 0.313 e. The average Bonchev–Trinajstić information content (AvgIpc) is 2.48. The van der Waals surface area contributed by atoms with Gasteiger partial charge in [0, 0.05) is 25.2 Å². The summed E-state index contributed by atoms with van der Waals surface area (Å²) in [7, 11) is 0. The molecule has 0 spiro atoms.